The SMILES string of the molecule is CC[C@H](Nc1ccc(C(=O)N2CCC(N3CCOCC3)CC2)cn1)C(=O)NC. The standard InChI is InChI=1S/C20H31N5O3/c1-3-17(19(26)21-2)23-18-5-4-15(14-22-18)20(27)25-8-6-16(7-9-25)24-10-12-28-13-11-24/h4-5,14,16-17H,3,6-13H2,1-2H3,(H,21,26)(H,22,23)/t17-/m0/s1. The number of hydrogen-bond donors (Lipinski definition) is 2. The molecule has 0 aliphatic carbocycles. The minimum Gasteiger partial charge on any atom is -0.379 e. The van der Waals surface area contributed by atoms with E-state index in [9.17, 15) is 9.59 Å². The molecular weight excluding hydrogens is 358 g/mol. The van der Waals surface area contributed by atoms with Crippen LogP contribution in [0.25, 0.3) is 0 Å². The van der Waals surface area contributed by atoms with Crippen LogP contribution in [0.1, 0.15) is 36.5 Å². The van der Waals surface area contributed by atoms with Crippen LogP contribution >= 0.6 is 0 Å². The van der Waals surface area contributed by atoms with E-state index in [1.165, 1.54) is 0 Å². The van der Waals surface area contributed by atoms with Gasteiger partial charge in [0.25, 0.3) is 5.91 Å². The van der Waals surface area contributed by atoms with Crippen molar-refractivity contribution in [3.8, 4) is 0 Å². The van der Waals surface area contributed by atoms with Gasteiger partial charge in [-0.15, -0.1) is 0 Å². The number of aromatic nitrogens is 1. The molecule has 1 aromatic rings. The number of anilines is 1. The van der Waals surface area contributed by atoms with Gasteiger partial charge in [-0.1, -0.05) is 6.92 Å². The summed E-state index contributed by atoms with van der Waals surface area (Å²) in [6, 6.07) is 3.76. The number of pyridine rings is 1. The van der Waals surface area contributed by atoms with E-state index < -0.39 is 0 Å². The molecule has 0 radical (unpaired) electrons. The highest BCUT2D eigenvalue weighted by molar-refractivity contribution is 5.94. The largest absolute Gasteiger partial charge is 0.379 e. The van der Waals surface area contributed by atoms with E-state index >= 15 is 0 Å². The van der Waals surface area contributed by atoms with E-state index in [0.29, 0.717) is 23.8 Å². The van der Waals surface area contributed by atoms with Crippen molar-refractivity contribution in [2.24, 2.45) is 0 Å². The minimum atomic E-state index is -0.335. The van der Waals surface area contributed by atoms with Gasteiger partial charge in [-0.05, 0) is 31.4 Å². The molecule has 0 spiro atoms. The number of morpholine rings is 1. The summed E-state index contributed by atoms with van der Waals surface area (Å²) in [4.78, 5) is 33.3. The lowest BCUT2D eigenvalue weighted by Gasteiger charge is -2.40. The van der Waals surface area contributed by atoms with Gasteiger partial charge in [-0.25, -0.2) is 4.98 Å². The van der Waals surface area contributed by atoms with E-state index in [1.54, 1.807) is 25.4 Å². The Morgan fingerprint density at radius 2 is 1.93 bits per heavy atom. The molecule has 0 bridgehead atoms. The average Bonchev–Trinajstić information content (AvgIpc) is 2.77. The second-order valence-corrected chi connectivity index (χ2v) is 7.32. The molecule has 1 atom stereocenters. The van der Waals surface area contributed by atoms with Gasteiger partial charge in [-0.3, -0.25) is 14.5 Å². The molecule has 0 aromatic carbocycles. The number of carbonyl (C=O) groups is 2. The molecule has 8 nitrogen and oxygen atoms in total. The number of carbonyl (C=O) groups excluding carboxylic acids is 2. The molecule has 3 heterocycles. The van der Waals surface area contributed by atoms with Crippen molar-refractivity contribution in [2.45, 2.75) is 38.3 Å². The van der Waals surface area contributed by atoms with Crippen molar-refractivity contribution >= 4 is 17.6 Å². The molecular formula is C20H31N5O3. The predicted molar refractivity (Wildman–Crippen MR) is 107 cm³/mol. The number of nitrogens with one attached hydrogen (secondary N) is 2. The zero-order chi connectivity index (χ0) is 19.9. The fourth-order valence-corrected chi connectivity index (χ4v) is 3.87. The molecule has 2 amide bonds. The molecule has 8 heteroatoms. The first kappa shape index (κ1) is 20.5. The second-order valence-electron chi connectivity index (χ2n) is 7.32. The van der Waals surface area contributed by atoms with Crippen LogP contribution < -0.4 is 10.6 Å². The number of nitrogens with zero attached hydrogens (tertiary/aromatic N) is 3. The Hall–Kier alpha value is -2.19. The highest BCUT2D eigenvalue weighted by Gasteiger charge is 2.28. The summed E-state index contributed by atoms with van der Waals surface area (Å²) in [6.45, 7) is 7.09. The van der Waals surface area contributed by atoms with E-state index in [-0.39, 0.29) is 17.9 Å². The van der Waals surface area contributed by atoms with Crippen molar-refractivity contribution < 1.29 is 14.3 Å². The van der Waals surface area contributed by atoms with Crippen LogP contribution in [-0.4, -0.2) is 85.1 Å². The van der Waals surface area contributed by atoms with E-state index in [2.05, 4.69) is 20.5 Å². The molecule has 2 N–H and O–H groups in total. The van der Waals surface area contributed by atoms with Gasteiger partial charge >= 0.3 is 0 Å². The van der Waals surface area contributed by atoms with Crippen molar-refractivity contribution in [3.05, 3.63) is 23.9 Å². The highest BCUT2D eigenvalue weighted by atomic mass is 16.5. The summed E-state index contributed by atoms with van der Waals surface area (Å²) in [6.07, 6.45) is 4.25. The summed E-state index contributed by atoms with van der Waals surface area (Å²) in [5.74, 6) is 0.545. The Kier molecular flexibility index (Phi) is 7.22. The van der Waals surface area contributed by atoms with Gasteiger partial charge in [0, 0.05) is 45.5 Å². The van der Waals surface area contributed by atoms with Crippen molar-refractivity contribution in [3.63, 3.8) is 0 Å². The summed E-state index contributed by atoms with van der Waals surface area (Å²) in [7, 11) is 1.62. The van der Waals surface area contributed by atoms with Crippen LogP contribution in [0.2, 0.25) is 0 Å². The first-order valence-corrected chi connectivity index (χ1v) is 10.2. The van der Waals surface area contributed by atoms with Gasteiger partial charge in [-0.2, -0.15) is 0 Å². The maximum absolute atomic E-state index is 12.8. The molecule has 2 saturated heterocycles. The number of amides is 2. The summed E-state index contributed by atoms with van der Waals surface area (Å²) in [5, 5.41) is 5.74. The van der Waals surface area contributed by atoms with Crippen LogP contribution in [0.5, 0.6) is 0 Å². The number of ether oxygens (including phenoxy) is 1. The Bertz CT molecular complexity index is 652. The van der Waals surface area contributed by atoms with Gasteiger partial charge in [0.05, 0.1) is 18.8 Å². The zero-order valence-electron chi connectivity index (χ0n) is 16.8. The molecule has 2 aliphatic rings. The first-order chi connectivity index (χ1) is 13.6. The maximum Gasteiger partial charge on any atom is 0.255 e. The van der Waals surface area contributed by atoms with Crippen molar-refractivity contribution in [1.29, 1.82) is 0 Å². The lowest BCUT2D eigenvalue weighted by molar-refractivity contribution is -0.121. The van der Waals surface area contributed by atoms with Crippen molar-refractivity contribution in [2.75, 3.05) is 51.8 Å². The lowest BCUT2D eigenvalue weighted by Crippen LogP contribution is -2.50. The van der Waals surface area contributed by atoms with E-state index in [1.807, 2.05) is 11.8 Å². The molecule has 154 valence electrons. The van der Waals surface area contributed by atoms with Gasteiger partial charge in [0.1, 0.15) is 11.9 Å². The van der Waals surface area contributed by atoms with Crippen molar-refractivity contribution in [1.82, 2.24) is 20.1 Å². The summed E-state index contributed by atoms with van der Waals surface area (Å²) in [5.41, 5.74) is 0.586. The third-order valence-corrected chi connectivity index (χ3v) is 5.62. The fraction of sp³-hybridized carbons (Fsp3) is 0.650. The Morgan fingerprint density at radius 3 is 2.50 bits per heavy atom. The quantitative estimate of drug-likeness (QED) is 0.754. The average molecular weight is 390 g/mol. The molecule has 2 aliphatic heterocycles. The molecule has 0 unspecified atom stereocenters. The van der Waals surface area contributed by atoms with Gasteiger partial charge in [0.2, 0.25) is 5.91 Å². The van der Waals surface area contributed by atoms with E-state index in [0.717, 1.165) is 52.2 Å². The third-order valence-electron chi connectivity index (χ3n) is 5.62. The number of likely N-dealkylation sites (N-methyl/N-ethyl adjacent to an activating group) is 1. The van der Waals surface area contributed by atoms with E-state index in [4.69, 9.17) is 4.74 Å². The lowest BCUT2D eigenvalue weighted by atomic mass is 10.0. The molecule has 2 fully saturated rings. The normalized spacial score (nSPS) is 19.9. The number of hydrogen-bond acceptors (Lipinski definition) is 6. The Balaban J connectivity index is 1.52. The number of rotatable bonds is 6. The monoisotopic (exact) mass is 389 g/mol. The van der Waals surface area contributed by atoms with Gasteiger partial charge < -0.3 is 20.3 Å². The van der Waals surface area contributed by atoms with Crippen LogP contribution in [-0.2, 0) is 9.53 Å². The second kappa shape index (κ2) is 9.84. The Morgan fingerprint density at radius 1 is 1.21 bits per heavy atom. The summed E-state index contributed by atoms with van der Waals surface area (Å²) < 4.78 is 5.43. The van der Waals surface area contributed by atoms with Crippen LogP contribution in [0.3, 0.4) is 0 Å². The van der Waals surface area contributed by atoms with Crippen LogP contribution in [0.4, 0.5) is 5.82 Å². The van der Waals surface area contributed by atoms with Gasteiger partial charge in [0.15, 0.2) is 0 Å². The third kappa shape index (κ3) is 4.99. The smallest absolute Gasteiger partial charge is 0.255 e. The predicted octanol–water partition coefficient (Wildman–Crippen LogP) is 0.955. The molecule has 0 saturated carbocycles. The first-order valence-electron chi connectivity index (χ1n) is 10.2. The zero-order valence-corrected chi connectivity index (χ0v) is 16.8. The minimum absolute atomic E-state index is 0.0258. The highest BCUT2D eigenvalue weighted by Crippen LogP contribution is 2.20. The Labute approximate surface area is 166 Å². The van der Waals surface area contributed by atoms with Crippen LogP contribution in [0, 0.1) is 0 Å². The molecule has 28 heavy (non-hydrogen) atoms. The summed E-state index contributed by atoms with van der Waals surface area (Å²) >= 11 is 0. The molecule has 3 rings (SSSR count). The van der Waals surface area contributed by atoms with Crippen LogP contribution in [0.15, 0.2) is 18.3 Å². The molecule has 1 aromatic heterocycles. The fourth-order valence-electron chi connectivity index (χ4n) is 3.87. The maximum atomic E-state index is 12.8. The number of piperidine rings is 1. The number of likely N-dealkylation sites (tertiary alicyclic amines) is 1. The topological polar surface area (TPSA) is 86.8 Å².